The lowest BCUT2D eigenvalue weighted by atomic mass is 9.89. The molecule has 2 fully saturated rings. The molecule has 1 amide bonds. The summed E-state index contributed by atoms with van der Waals surface area (Å²) < 4.78 is 5.46. The molecule has 0 spiro atoms. The predicted octanol–water partition coefficient (Wildman–Crippen LogP) is 2.79. The highest BCUT2D eigenvalue weighted by molar-refractivity contribution is 5.96. The predicted molar refractivity (Wildman–Crippen MR) is 96.4 cm³/mol. The molecule has 1 aromatic carbocycles. The number of rotatable bonds is 4. The maximum atomic E-state index is 13.0. The van der Waals surface area contributed by atoms with Gasteiger partial charge in [-0.15, -0.1) is 0 Å². The van der Waals surface area contributed by atoms with Gasteiger partial charge in [-0.3, -0.25) is 4.79 Å². The van der Waals surface area contributed by atoms with Crippen molar-refractivity contribution in [1.82, 2.24) is 10.2 Å². The molecule has 0 bridgehead atoms. The van der Waals surface area contributed by atoms with Crippen LogP contribution in [0.3, 0.4) is 0 Å². The van der Waals surface area contributed by atoms with Gasteiger partial charge in [0.15, 0.2) is 0 Å². The second kappa shape index (κ2) is 8.13. The van der Waals surface area contributed by atoms with E-state index in [0.717, 1.165) is 69.5 Å². The number of hydrogen-bond acceptors (Lipinski definition) is 3. The molecule has 2 heterocycles. The van der Waals surface area contributed by atoms with Crippen molar-refractivity contribution in [2.45, 2.75) is 45.1 Å². The molecular formula is C20H30N2O2. The Labute approximate surface area is 145 Å². The summed E-state index contributed by atoms with van der Waals surface area (Å²) in [4.78, 5) is 15.0. The largest absolute Gasteiger partial charge is 0.381 e. The van der Waals surface area contributed by atoms with E-state index < -0.39 is 0 Å². The number of ether oxygens (including phenoxy) is 1. The molecule has 4 nitrogen and oxygen atoms in total. The molecule has 4 heteroatoms. The number of nitrogens with zero attached hydrogens (tertiary/aromatic N) is 1. The summed E-state index contributed by atoms with van der Waals surface area (Å²) in [5, 5.41) is 3.37. The first-order chi connectivity index (χ1) is 11.7. The Morgan fingerprint density at radius 2 is 1.92 bits per heavy atom. The van der Waals surface area contributed by atoms with E-state index >= 15 is 0 Å². The smallest absolute Gasteiger partial charge is 0.254 e. The highest BCUT2D eigenvalue weighted by Crippen LogP contribution is 2.25. The van der Waals surface area contributed by atoms with Crippen LogP contribution in [0.4, 0.5) is 0 Å². The van der Waals surface area contributed by atoms with Crippen molar-refractivity contribution in [3.05, 3.63) is 34.9 Å². The maximum Gasteiger partial charge on any atom is 0.254 e. The average molecular weight is 330 g/mol. The molecule has 132 valence electrons. The molecule has 1 N–H and O–H groups in total. The second-order valence-electron chi connectivity index (χ2n) is 7.25. The van der Waals surface area contributed by atoms with E-state index in [1.165, 1.54) is 5.56 Å². The van der Waals surface area contributed by atoms with E-state index in [1.807, 2.05) is 24.1 Å². The SMILES string of the molecule is Cc1c(CC2CCOCC2)cccc1C(=O)N(C)C1CCNCC1. The number of piperidine rings is 1. The van der Waals surface area contributed by atoms with Gasteiger partial charge in [0.05, 0.1) is 0 Å². The summed E-state index contributed by atoms with van der Waals surface area (Å²) in [6, 6.07) is 6.58. The molecule has 2 aliphatic heterocycles. The van der Waals surface area contributed by atoms with Gasteiger partial charge in [0, 0.05) is 31.9 Å². The van der Waals surface area contributed by atoms with Crippen molar-refractivity contribution in [2.24, 2.45) is 5.92 Å². The summed E-state index contributed by atoms with van der Waals surface area (Å²) in [7, 11) is 1.96. The first kappa shape index (κ1) is 17.4. The number of hydrogen-bond donors (Lipinski definition) is 1. The van der Waals surface area contributed by atoms with E-state index in [9.17, 15) is 4.79 Å². The molecule has 24 heavy (non-hydrogen) atoms. The van der Waals surface area contributed by atoms with Crippen LogP contribution in [0.25, 0.3) is 0 Å². The Morgan fingerprint density at radius 3 is 2.62 bits per heavy atom. The maximum absolute atomic E-state index is 13.0. The van der Waals surface area contributed by atoms with Gasteiger partial charge in [0.25, 0.3) is 5.91 Å². The van der Waals surface area contributed by atoms with Gasteiger partial charge in [-0.05, 0) is 75.2 Å². The Balaban J connectivity index is 1.72. The minimum Gasteiger partial charge on any atom is -0.381 e. The standard InChI is InChI=1S/C20H30N2O2/c1-15-17(14-16-8-12-24-13-9-16)4-3-5-19(15)20(23)22(2)18-6-10-21-11-7-18/h3-5,16,18,21H,6-14H2,1-2H3. The normalized spacial score (nSPS) is 20.1. The Kier molecular flexibility index (Phi) is 5.90. The Hall–Kier alpha value is -1.39. The van der Waals surface area contributed by atoms with Crippen molar-refractivity contribution in [3.63, 3.8) is 0 Å². The van der Waals surface area contributed by atoms with Crippen LogP contribution in [-0.2, 0) is 11.2 Å². The summed E-state index contributed by atoms with van der Waals surface area (Å²) >= 11 is 0. The lowest BCUT2D eigenvalue weighted by molar-refractivity contribution is 0.0662. The van der Waals surface area contributed by atoms with Crippen LogP contribution >= 0.6 is 0 Å². The van der Waals surface area contributed by atoms with Gasteiger partial charge in [0.1, 0.15) is 0 Å². The van der Waals surface area contributed by atoms with E-state index in [1.54, 1.807) is 0 Å². The molecular weight excluding hydrogens is 300 g/mol. The van der Waals surface area contributed by atoms with Crippen molar-refractivity contribution in [1.29, 1.82) is 0 Å². The third kappa shape index (κ3) is 3.98. The molecule has 0 radical (unpaired) electrons. The number of amides is 1. The minimum atomic E-state index is 0.174. The van der Waals surface area contributed by atoms with Crippen LogP contribution in [0, 0.1) is 12.8 Å². The van der Waals surface area contributed by atoms with E-state index in [2.05, 4.69) is 18.3 Å². The zero-order chi connectivity index (χ0) is 16.9. The quantitative estimate of drug-likeness (QED) is 0.923. The van der Waals surface area contributed by atoms with Crippen LogP contribution in [0.2, 0.25) is 0 Å². The third-order valence-corrected chi connectivity index (χ3v) is 5.70. The highest BCUT2D eigenvalue weighted by atomic mass is 16.5. The van der Waals surface area contributed by atoms with Crippen molar-refractivity contribution in [3.8, 4) is 0 Å². The van der Waals surface area contributed by atoms with Gasteiger partial charge in [0.2, 0.25) is 0 Å². The van der Waals surface area contributed by atoms with E-state index in [4.69, 9.17) is 4.74 Å². The summed E-state index contributed by atoms with van der Waals surface area (Å²) in [5.41, 5.74) is 3.36. The molecule has 0 atom stereocenters. The molecule has 0 saturated carbocycles. The van der Waals surface area contributed by atoms with Gasteiger partial charge >= 0.3 is 0 Å². The molecule has 1 aromatic rings. The topological polar surface area (TPSA) is 41.6 Å². The molecule has 0 aliphatic carbocycles. The van der Waals surface area contributed by atoms with Gasteiger partial charge in [-0.1, -0.05) is 12.1 Å². The highest BCUT2D eigenvalue weighted by Gasteiger charge is 2.25. The zero-order valence-corrected chi connectivity index (χ0v) is 15.0. The molecule has 0 aromatic heterocycles. The molecule has 3 rings (SSSR count). The minimum absolute atomic E-state index is 0.174. The number of benzene rings is 1. The molecule has 2 aliphatic rings. The van der Waals surface area contributed by atoms with Crippen LogP contribution in [-0.4, -0.2) is 50.2 Å². The second-order valence-corrected chi connectivity index (χ2v) is 7.25. The third-order valence-electron chi connectivity index (χ3n) is 5.70. The summed E-state index contributed by atoms with van der Waals surface area (Å²) in [6.07, 6.45) is 5.42. The first-order valence-electron chi connectivity index (χ1n) is 9.31. The van der Waals surface area contributed by atoms with Gasteiger partial charge < -0.3 is 15.0 Å². The fraction of sp³-hybridized carbons (Fsp3) is 0.650. The average Bonchev–Trinajstić information content (AvgIpc) is 2.64. The fourth-order valence-corrected chi connectivity index (χ4v) is 3.95. The monoisotopic (exact) mass is 330 g/mol. The summed E-state index contributed by atoms with van der Waals surface area (Å²) in [5.74, 6) is 0.859. The summed E-state index contributed by atoms with van der Waals surface area (Å²) in [6.45, 7) is 5.87. The molecule has 0 unspecified atom stereocenters. The fourth-order valence-electron chi connectivity index (χ4n) is 3.95. The van der Waals surface area contributed by atoms with Crippen LogP contribution in [0.15, 0.2) is 18.2 Å². The lowest BCUT2D eigenvalue weighted by Gasteiger charge is -2.32. The van der Waals surface area contributed by atoms with E-state index in [-0.39, 0.29) is 5.91 Å². The molecule has 2 saturated heterocycles. The van der Waals surface area contributed by atoms with Crippen LogP contribution in [0.5, 0.6) is 0 Å². The van der Waals surface area contributed by atoms with Crippen LogP contribution < -0.4 is 5.32 Å². The Morgan fingerprint density at radius 1 is 1.21 bits per heavy atom. The van der Waals surface area contributed by atoms with Crippen molar-refractivity contribution >= 4 is 5.91 Å². The Bertz CT molecular complexity index is 561. The van der Waals surface area contributed by atoms with Gasteiger partial charge in [-0.2, -0.15) is 0 Å². The van der Waals surface area contributed by atoms with Crippen molar-refractivity contribution < 1.29 is 9.53 Å². The van der Waals surface area contributed by atoms with Crippen LogP contribution in [0.1, 0.15) is 47.2 Å². The number of carbonyl (C=O) groups is 1. The lowest BCUT2D eigenvalue weighted by Crippen LogP contribution is -2.44. The van der Waals surface area contributed by atoms with E-state index in [0.29, 0.717) is 12.0 Å². The van der Waals surface area contributed by atoms with Crippen molar-refractivity contribution in [2.75, 3.05) is 33.4 Å². The zero-order valence-electron chi connectivity index (χ0n) is 15.0. The number of carbonyl (C=O) groups excluding carboxylic acids is 1. The van der Waals surface area contributed by atoms with Gasteiger partial charge in [-0.25, -0.2) is 0 Å². The number of nitrogens with one attached hydrogen (secondary N) is 1. The first-order valence-corrected chi connectivity index (χ1v) is 9.31.